The van der Waals surface area contributed by atoms with Crippen LogP contribution in [0.2, 0.25) is 0 Å². The summed E-state index contributed by atoms with van der Waals surface area (Å²) in [6.07, 6.45) is 0.281. The summed E-state index contributed by atoms with van der Waals surface area (Å²) in [6.45, 7) is 0.675. The normalized spacial score (nSPS) is 10.2. The van der Waals surface area contributed by atoms with Crippen LogP contribution in [0.5, 0.6) is 5.75 Å². The zero-order valence-electron chi connectivity index (χ0n) is 12.6. The number of halogens is 1. The van der Waals surface area contributed by atoms with Crippen molar-refractivity contribution in [2.45, 2.75) is 6.42 Å². The minimum atomic E-state index is -0.319. The molecule has 0 fully saturated rings. The van der Waals surface area contributed by atoms with Gasteiger partial charge in [-0.15, -0.1) is 0 Å². The fourth-order valence-electron chi connectivity index (χ4n) is 1.89. The lowest BCUT2D eigenvalue weighted by atomic mass is 10.1. The fourth-order valence-corrected chi connectivity index (χ4v) is 2.20. The molecule has 0 unspecified atom stereocenters. The number of carbonyl (C=O) groups excluding carboxylic acids is 2. The lowest BCUT2D eigenvalue weighted by molar-refractivity contribution is -0.120. The molecule has 2 N–H and O–H groups in total. The van der Waals surface area contributed by atoms with E-state index in [1.807, 2.05) is 24.3 Å². The van der Waals surface area contributed by atoms with Gasteiger partial charge in [0.15, 0.2) is 10.4 Å². The van der Waals surface area contributed by atoms with Gasteiger partial charge in [0.1, 0.15) is 5.75 Å². The van der Waals surface area contributed by atoms with Crippen molar-refractivity contribution in [2.24, 2.45) is 0 Å². The molecule has 7 heteroatoms. The molecule has 0 radical (unpaired) electrons. The molecule has 0 saturated carbocycles. The van der Waals surface area contributed by atoms with E-state index >= 15 is 0 Å². The standard InChI is InChI=1S/C16H17BrN2O4/c1-22-12-4-2-11(3-5-12)10-15(20)18-8-9-19-16(21)13-6-7-14(17)23-13/h2-7H,8-10H2,1H3,(H,18,20)(H,19,21). The summed E-state index contributed by atoms with van der Waals surface area (Å²) in [4.78, 5) is 23.5. The Balaban J connectivity index is 1.67. The molecule has 122 valence electrons. The van der Waals surface area contributed by atoms with Gasteiger partial charge in [-0.25, -0.2) is 0 Å². The Bertz CT molecular complexity index is 667. The molecule has 1 aromatic heterocycles. The van der Waals surface area contributed by atoms with Crippen LogP contribution in [0.3, 0.4) is 0 Å². The van der Waals surface area contributed by atoms with Crippen LogP contribution in [0.1, 0.15) is 16.1 Å². The van der Waals surface area contributed by atoms with Gasteiger partial charge in [-0.3, -0.25) is 9.59 Å². The van der Waals surface area contributed by atoms with Crippen molar-refractivity contribution in [2.75, 3.05) is 20.2 Å². The second kappa shape index (κ2) is 8.38. The van der Waals surface area contributed by atoms with Crippen molar-refractivity contribution in [1.29, 1.82) is 0 Å². The highest BCUT2D eigenvalue weighted by Gasteiger charge is 2.09. The third kappa shape index (κ3) is 5.45. The predicted octanol–water partition coefficient (Wildman–Crippen LogP) is 2.14. The number of benzene rings is 1. The summed E-state index contributed by atoms with van der Waals surface area (Å²) >= 11 is 3.13. The van der Waals surface area contributed by atoms with E-state index in [2.05, 4.69) is 26.6 Å². The van der Waals surface area contributed by atoms with Crippen molar-refractivity contribution in [3.63, 3.8) is 0 Å². The van der Waals surface area contributed by atoms with Crippen LogP contribution in [0.4, 0.5) is 0 Å². The predicted molar refractivity (Wildman–Crippen MR) is 88.4 cm³/mol. The van der Waals surface area contributed by atoms with Gasteiger partial charge < -0.3 is 19.8 Å². The van der Waals surface area contributed by atoms with Gasteiger partial charge >= 0.3 is 0 Å². The minimum absolute atomic E-state index is 0.106. The number of rotatable bonds is 7. The van der Waals surface area contributed by atoms with E-state index in [4.69, 9.17) is 9.15 Å². The number of furan rings is 1. The van der Waals surface area contributed by atoms with Crippen LogP contribution in [0.25, 0.3) is 0 Å². The van der Waals surface area contributed by atoms with Crippen molar-refractivity contribution < 1.29 is 18.7 Å². The van der Waals surface area contributed by atoms with Crippen LogP contribution in [0.15, 0.2) is 45.5 Å². The fraction of sp³-hybridized carbons (Fsp3) is 0.250. The van der Waals surface area contributed by atoms with Crippen LogP contribution < -0.4 is 15.4 Å². The second-order valence-corrected chi connectivity index (χ2v) is 5.52. The first kappa shape index (κ1) is 17.1. The first-order chi connectivity index (χ1) is 11.1. The Morgan fingerprint density at radius 2 is 1.78 bits per heavy atom. The Kier molecular flexibility index (Phi) is 6.22. The monoisotopic (exact) mass is 380 g/mol. The first-order valence-electron chi connectivity index (χ1n) is 7.01. The summed E-state index contributed by atoms with van der Waals surface area (Å²) < 4.78 is 10.7. The molecule has 2 rings (SSSR count). The summed E-state index contributed by atoms with van der Waals surface area (Å²) in [6, 6.07) is 10.5. The molecule has 2 amide bonds. The molecule has 0 saturated heterocycles. The van der Waals surface area contributed by atoms with Crippen molar-refractivity contribution in [1.82, 2.24) is 10.6 Å². The molecule has 0 aliphatic carbocycles. The molecule has 1 aromatic carbocycles. The van der Waals surface area contributed by atoms with Gasteiger partial charge in [0.25, 0.3) is 5.91 Å². The van der Waals surface area contributed by atoms with Gasteiger partial charge in [-0.2, -0.15) is 0 Å². The molecule has 0 aliphatic heterocycles. The maximum atomic E-state index is 11.8. The van der Waals surface area contributed by atoms with Crippen LogP contribution >= 0.6 is 15.9 Å². The van der Waals surface area contributed by atoms with Gasteiger partial charge in [0.2, 0.25) is 5.91 Å². The number of methoxy groups -OCH3 is 1. The quantitative estimate of drug-likeness (QED) is 0.721. The number of amides is 2. The zero-order chi connectivity index (χ0) is 16.7. The van der Waals surface area contributed by atoms with E-state index in [0.29, 0.717) is 17.8 Å². The van der Waals surface area contributed by atoms with Crippen molar-refractivity contribution >= 4 is 27.7 Å². The Hall–Kier alpha value is -2.28. The van der Waals surface area contributed by atoms with Gasteiger partial charge in [0, 0.05) is 13.1 Å². The van der Waals surface area contributed by atoms with Crippen molar-refractivity contribution in [3.8, 4) is 5.75 Å². The zero-order valence-corrected chi connectivity index (χ0v) is 14.2. The smallest absolute Gasteiger partial charge is 0.287 e. The largest absolute Gasteiger partial charge is 0.497 e. The topological polar surface area (TPSA) is 80.6 Å². The Morgan fingerprint density at radius 3 is 2.39 bits per heavy atom. The maximum absolute atomic E-state index is 11.8. The van der Waals surface area contributed by atoms with E-state index < -0.39 is 0 Å². The maximum Gasteiger partial charge on any atom is 0.287 e. The lowest BCUT2D eigenvalue weighted by Crippen LogP contribution is -2.35. The molecule has 0 bridgehead atoms. The number of hydrogen-bond acceptors (Lipinski definition) is 4. The SMILES string of the molecule is COc1ccc(CC(=O)NCCNC(=O)c2ccc(Br)o2)cc1. The summed E-state index contributed by atoms with van der Waals surface area (Å²) in [7, 11) is 1.59. The average molecular weight is 381 g/mol. The molecule has 0 aliphatic rings. The molecule has 6 nitrogen and oxygen atoms in total. The number of nitrogens with one attached hydrogen (secondary N) is 2. The average Bonchev–Trinajstić information content (AvgIpc) is 2.99. The second-order valence-electron chi connectivity index (χ2n) is 4.73. The number of ether oxygens (including phenoxy) is 1. The van der Waals surface area contributed by atoms with Gasteiger partial charge in [-0.1, -0.05) is 12.1 Å². The molecular formula is C16H17BrN2O4. The molecular weight excluding hydrogens is 364 g/mol. The highest BCUT2D eigenvalue weighted by Crippen LogP contribution is 2.13. The molecule has 1 heterocycles. The summed E-state index contributed by atoms with van der Waals surface area (Å²) in [5, 5.41) is 5.41. The van der Waals surface area contributed by atoms with E-state index in [1.165, 1.54) is 0 Å². The number of hydrogen-bond donors (Lipinski definition) is 2. The summed E-state index contributed by atoms with van der Waals surface area (Å²) in [5.74, 6) is 0.549. The summed E-state index contributed by atoms with van der Waals surface area (Å²) in [5.41, 5.74) is 0.896. The molecule has 2 aromatic rings. The Morgan fingerprint density at radius 1 is 1.09 bits per heavy atom. The highest BCUT2D eigenvalue weighted by molar-refractivity contribution is 9.10. The molecule has 0 spiro atoms. The van der Waals surface area contributed by atoms with Crippen LogP contribution in [-0.2, 0) is 11.2 Å². The third-order valence-electron chi connectivity index (χ3n) is 3.05. The lowest BCUT2D eigenvalue weighted by Gasteiger charge is -2.07. The van der Waals surface area contributed by atoms with Crippen LogP contribution in [-0.4, -0.2) is 32.0 Å². The number of carbonyl (C=O) groups is 2. The molecule has 0 atom stereocenters. The van der Waals surface area contributed by atoms with Gasteiger partial charge in [-0.05, 0) is 45.8 Å². The first-order valence-corrected chi connectivity index (χ1v) is 7.81. The minimum Gasteiger partial charge on any atom is -0.497 e. The van der Waals surface area contributed by atoms with E-state index in [-0.39, 0.29) is 24.0 Å². The van der Waals surface area contributed by atoms with E-state index in [0.717, 1.165) is 11.3 Å². The van der Waals surface area contributed by atoms with E-state index in [9.17, 15) is 9.59 Å². The molecule has 23 heavy (non-hydrogen) atoms. The Labute approximate surface area is 142 Å². The van der Waals surface area contributed by atoms with Crippen molar-refractivity contribution in [3.05, 3.63) is 52.4 Å². The highest BCUT2D eigenvalue weighted by atomic mass is 79.9. The van der Waals surface area contributed by atoms with Crippen LogP contribution in [0, 0.1) is 0 Å². The van der Waals surface area contributed by atoms with Gasteiger partial charge in [0.05, 0.1) is 13.5 Å². The third-order valence-corrected chi connectivity index (χ3v) is 3.48. The van der Waals surface area contributed by atoms with E-state index in [1.54, 1.807) is 19.2 Å².